The van der Waals surface area contributed by atoms with Gasteiger partial charge in [-0.05, 0) is 6.92 Å². The lowest BCUT2D eigenvalue weighted by atomic mass is 10.2. The molecule has 0 aromatic carbocycles. The molecule has 0 saturated carbocycles. The number of nitrogens with zero attached hydrogens (tertiary/aromatic N) is 1. The van der Waals surface area contributed by atoms with Crippen LogP contribution in [-0.2, 0) is 4.74 Å². The lowest BCUT2D eigenvalue weighted by Crippen LogP contribution is -2.49. The van der Waals surface area contributed by atoms with Crippen LogP contribution in [0.4, 0.5) is 0 Å². The van der Waals surface area contributed by atoms with Crippen molar-refractivity contribution in [2.24, 2.45) is 0 Å². The lowest BCUT2D eigenvalue weighted by Gasteiger charge is -2.38. The first-order chi connectivity index (χ1) is 7.63. The van der Waals surface area contributed by atoms with Gasteiger partial charge in [-0.15, -0.1) is 0 Å². The first kappa shape index (κ1) is 14.3. The molecule has 0 amide bonds. The Bertz CT molecular complexity index is 182. The van der Waals surface area contributed by atoms with Crippen LogP contribution >= 0.6 is 11.8 Å². The van der Waals surface area contributed by atoms with E-state index in [1.54, 1.807) is 7.11 Å². The number of thioether (sulfide) groups is 1. The van der Waals surface area contributed by atoms with E-state index in [0.29, 0.717) is 6.04 Å². The minimum absolute atomic E-state index is 0.627. The van der Waals surface area contributed by atoms with Crippen LogP contribution in [-0.4, -0.2) is 61.3 Å². The zero-order valence-electron chi connectivity index (χ0n) is 11.0. The van der Waals surface area contributed by atoms with Crippen molar-refractivity contribution < 1.29 is 4.74 Å². The summed E-state index contributed by atoms with van der Waals surface area (Å²) < 4.78 is 5.02. The van der Waals surface area contributed by atoms with E-state index in [2.05, 4.69) is 42.7 Å². The van der Waals surface area contributed by atoms with Crippen molar-refractivity contribution >= 4 is 11.8 Å². The van der Waals surface area contributed by atoms with Crippen LogP contribution in [0.1, 0.15) is 20.8 Å². The summed E-state index contributed by atoms with van der Waals surface area (Å²) in [5.74, 6) is 0. The van der Waals surface area contributed by atoms with Gasteiger partial charge in [0.25, 0.3) is 0 Å². The SMILES string of the molecule is COCCNCC(C)N1CC(C)SC(C)C1. The molecule has 96 valence electrons. The van der Waals surface area contributed by atoms with Crippen LogP contribution in [0.2, 0.25) is 0 Å². The zero-order valence-corrected chi connectivity index (χ0v) is 11.8. The van der Waals surface area contributed by atoms with E-state index in [1.807, 2.05) is 0 Å². The van der Waals surface area contributed by atoms with Crippen LogP contribution in [0.25, 0.3) is 0 Å². The maximum Gasteiger partial charge on any atom is 0.0587 e. The minimum atomic E-state index is 0.627. The van der Waals surface area contributed by atoms with Gasteiger partial charge in [-0.25, -0.2) is 0 Å². The molecule has 3 unspecified atom stereocenters. The molecule has 1 rings (SSSR count). The Morgan fingerprint density at radius 1 is 1.38 bits per heavy atom. The van der Waals surface area contributed by atoms with E-state index in [1.165, 1.54) is 13.1 Å². The molecule has 4 heteroatoms. The summed E-state index contributed by atoms with van der Waals surface area (Å²) in [6.07, 6.45) is 0. The second-order valence-corrected chi connectivity index (χ2v) is 6.64. The fourth-order valence-corrected chi connectivity index (χ4v) is 3.54. The number of rotatable bonds is 6. The molecule has 0 spiro atoms. The molecule has 3 nitrogen and oxygen atoms in total. The van der Waals surface area contributed by atoms with Crippen molar-refractivity contribution in [2.75, 3.05) is 39.9 Å². The third-order valence-electron chi connectivity index (χ3n) is 2.99. The standard InChI is InChI=1S/C12H26N2OS/c1-10(7-13-5-6-15-4)14-8-11(2)16-12(3)9-14/h10-13H,5-9H2,1-4H3. The van der Waals surface area contributed by atoms with Gasteiger partial charge in [0.1, 0.15) is 0 Å². The lowest BCUT2D eigenvalue weighted by molar-refractivity contribution is 0.181. The molecule has 0 aromatic rings. The molecule has 3 atom stereocenters. The van der Waals surface area contributed by atoms with Crippen LogP contribution in [0.3, 0.4) is 0 Å². The summed E-state index contributed by atoms with van der Waals surface area (Å²) in [6, 6.07) is 0.627. The Hall–Kier alpha value is 0.230. The molecule has 0 aromatic heterocycles. The Morgan fingerprint density at radius 3 is 2.56 bits per heavy atom. The van der Waals surface area contributed by atoms with Crippen LogP contribution in [0.5, 0.6) is 0 Å². The summed E-state index contributed by atoms with van der Waals surface area (Å²) in [6.45, 7) is 12.2. The van der Waals surface area contributed by atoms with Gasteiger partial charge in [0, 0.05) is 49.8 Å². The van der Waals surface area contributed by atoms with Crippen molar-refractivity contribution in [1.82, 2.24) is 10.2 Å². The predicted molar refractivity (Wildman–Crippen MR) is 72.3 cm³/mol. The second kappa shape index (κ2) is 7.54. The zero-order chi connectivity index (χ0) is 12.0. The summed E-state index contributed by atoms with van der Waals surface area (Å²) >= 11 is 2.11. The number of hydrogen-bond donors (Lipinski definition) is 1. The van der Waals surface area contributed by atoms with E-state index in [-0.39, 0.29) is 0 Å². The van der Waals surface area contributed by atoms with Gasteiger partial charge in [-0.3, -0.25) is 4.90 Å². The van der Waals surface area contributed by atoms with Gasteiger partial charge in [-0.1, -0.05) is 13.8 Å². The molecule has 1 N–H and O–H groups in total. The molecule has 1 fully saturated rings. The number of nitrogens with one attached hydrogen (secondary N) is 1. The molecule has 0 aliphatic carbocycles. The summed E-state index contributed by atoms with van der Waals surface area (Å²) in [5, 5.41) is 4.98. The maximum absolute atomic E-state index is 5.02. The molecule has 1 aliphatic rings. The number of ether oxygens (including phenoxy) is 1. The Kier molecular flexibility index (Phi) is 6.73. The van der Waals surface area contributed by atoms with Crippen molar-refractivity contribution in [3.63, 3.8) is 0 Å². The highest BCUT2D eigenvalue weighted by molar-refractivity contribution is 8.00. The van der Waals surface area contributed by atoms with E-state index in [9.17, 15) is 0 Å². The average Bonchev–Trinajstić information content (AvgIpc) is 2.22. The van der Waals surface area contributed by atoms with E-state index < -0.39 is 0 Å². The number of methoxy groups -OCH3 is 1. The van der Waals surface area contributed by atoms with Crippen molar-refractivity contribution in [1.29, 1.82) is 0 Å². The monoisotopic (exact) mass is 246 g/mol. The average molecular weight is 246 g/mol. The van der Waals surface area contributed by atoms with E-state index >= 15 is 0 Å². The van der Waals surface area contributed by atoms with E-state index in [4.69, 9.17) is 4.74 Å². The smallest absolute Gasteiger partial charge is 0.0587 e. The van der Waals surface area contributed by atoms with Gasteiger partial charge >= 0.3 is 0 Å². The molecule has 16 heavy (non-hydrogen) atoms. The molecule has 1 aliphatic heterocycles. The highest BCUT2D eigenvalue weighted by Gasteiger charge is 2.25. The molecule has 1 heterocycles. The molecular weight excluding hydrogens is 220 g/mol. The van der Waals surface area contributed by atoms with E-state index in [0.717, 1.165) is 30.2 Å². The van der Waals surface area contributed by atoms with Gasteiger partial charge < -0.3 is 10.1 Å². The quantitative estimate of drug-likeness (QED) is 0.717. The van der Waals surface area contributed by atoms with Gasteiger partial charge in [0.15, 0.2) is 0 Å². The third kappa shape index (κ3) is 5.04. The molecule has 0 bridgehead atoms. The first-order valence-electron chi connectivity index (χ1n) is 6.22. The summed E-state index contributed by atoms with van der Waals surface area (Å²) in [5.41, 5.74) is 0. The van der Waals surface area contributed by atoms with Crippen LogP contribution < -0.4 is 5.32 Å². The predicted octanol–water partition coefficient (Wildman–Crippen LogP) is 1.44. The van der Waals surface area contributed by atoms with Gasteiger partial charge in [-0.2, -0.15) is 11.8 Å². The minimum Gasteiger partial charge on any atom is -0.383 e. The Morgan fingerprint density at radius 2 is 2.00 bits per heavy atom. The molecule has 1 saturated heterocycles. The maximum atomic E-state index is 5.02. The third-order valence-corrected chi connectivity index (χ3v) is 4.22. The Balaban J connectivity index is 2.21. The fourth-order valence-electron chi connectivity index (χ4n) is 2.19. The topological polar surface area (TPSA) is 24.5 Å². The largest absolute Gasteiger partial charge is 0.383 e. The fraction of sp³-hybridized carbons (Fsp3) is 1.00. The summed E-state index contributed by atoms with van der Waals surface area (Å²) in [4.78, 5) is 2.60. The van der Waals surface area contributed by atoms with Crippen LogP contribution in [0, 0.1) is 0 Å². The highest BCUT2D eigenvalue weighted by atomic mass is 32.2. The normalized spacial score (nSPS) is 29.2. The van der Waals surface area contributed by atoms with Crippen molar-refractivity contribution in [2.45, 2.75) is 37.3 Å². The number of hydrogen-bond acceptors (Lipinski definition) is 4. The van der Waals surface area contributed by atoms with Crippen molar-refractivity contribution in [3.8, 4) is 0 Å². The summed E-state index contributed by atoms with van der Waals surface area (Å²) in [7, 11) is 1.75. The molecule has 0 radical (unpaired) electrons. The second-order valence-electron chi connectivity index (χ2n) is 4.76. The Labute approximate surface area is 104 Å². The first-order valence-corrected chi connectivity index (χ1v) is 7.17. The molecular formula is C12H26N2OS. The van der Waals surface area contributed by atoms with Gasteiger partial charge in [0.05, 0.1) is 6.61 Å². The van der Waals surface area contributed by atoms with Crippen molar-refractivity contribution in [3.05, 3.63) is 0 Å². The van der Waals surface area contributed by atoms with Crippen LogP contribution in [0.15, 0.2) is 0 Å². The van der Waals surface area contributed by atoms with Gasteiger partial charge in [0.2, 0.25) is 0 Å². The highest BCUT2D eigenvalue weighted by Crippen LogP contribution is 2.25.